The highest BCUT2D eigenvalue weighted by Crippen LogP contribution is 2.36. The summed E-state index contributed by atoms with van der Waals surface area (Å²) >= 11 is 1.97. The SMILES string of the molecule is C=CC(=O)N1CCN(c2nc(OCC(CC)SCN(C)C3CCCCC3)nc3c2CCN(c2cccc4cccc(C)c24)C3)C[C@@H]1CC#N. The molecule has 6 rings (SSSR count). The first kappa shape index (κ1) is 35.0. The van der Waals surface area contributed by atoms with Crippen molar-refractivity contribution < 1.29 is 9.53 Å². The monoisotopic (exact) mass is 681 g/mol. The standard InChI is InChI=1S/C39H51N7O2S/c1-5-32(49-27-43(4)30-15-8-7-9-16-30)26-48-39-41-34-25-44(35-17-11-14-29-13-10-12-28(3)37(29)35)21-19-33(34)38(42-39)45-22-23-46(36(47)6-2)31(24-45)18-20-40/h6,10-14,17,30-32H,2,5,7-9,15-16,18-19,21-27H2,1,3-4H3/t31-,32?/m0/s1. The fraction of sp³-hybridized carbons (Fsp3) is 0.538. The molecule has 0 radical (unpaired) electrons. The van der Waals surface area contributed by atoms with E-state index in [0.29, 0.717) is 50.1 Å². The molecule has 1 amide bonds. The van der Waals surface area contributed by atoms with Gasteiger partial charge in [0.2, 0.25) is 5.91 Å². The summed E-state index contributed by atoms with van der Waals surface area (Å²) in [6, 6.07) is 16.2. The molecule has 1 saturated heterocycles. The van der Waals surface area contributed by atoms with E-state index in [4.69, 9.17) is 14.7 Å². The van der Waals surface area contributed by atoms with Crippen molar-refractivity contribution in [3.8, 4) is 12.1 Å². The Hall–Kier alpha value is -3.81. The fourth-order valence-electron chi connectivity index (χ4n) is 7.73. The number of hydrogen-bond donors (Lipinski definition) is 0. The molecule has 2 atom stereocenters. The Labute approximate surface area is 296 Å². The molecule has 2 aromatic carbocycles. The van der Waals surface area contributed by atoms with Crippen LogP contribution in [-0.2, 0) is 17.8 Å². The molecule has 1 saturated carbocycles. The van der Waals surface area contributed by atoms with Crippen LogP contribution in [0.15, 0.2) is 49.1 Å². The van der Waals surface area contributed by atoms with E-state index in [1.54, 1.807) is 4.90 Å². The molecule has 1 aromatic heterocycles. The van der Waals surface area contributed by atoms with Crippen LogP contribution in [0.1, 0.15) is 68.7 Å². The number of carbonyl (C=O) groups excluding carboxylic acids is 1. The Balaban J connectivity index is 1.26. The van der Waals surface area contributed by atoms with Crippen molar-refractivity contribution in [3.05, 3.63) is 65.9 Å². The summed E-state index contributed by atoms with van der Waals surface area (Å²) in [6.45, 7) is 11.8. The van der Waals surface area contributed by atoms with Gasteiger partial charge in [-0.15, -0.1) is 11.8 Å². The van der Waals surface area contributed by atoms with Crippen LogP contribution in [0.2, 0.25) is 0 Å². The van der Waals surface area contributed by atoms with Crippen LogP contribution in [-0.4, -0.2) is 88.7 Å². The predicted molar refractivity (Wildman–Crippen MR) is 200 cm³/mol. The molecule has 3 aromatic rings. The summed E-state index contributed by atoms with van der Waals surface area (Å²) < 4.78 is 6.48. The second-order valence-corrected chi connectivity index (χ2v) is 15.0. The molecule has 0 N–H and O–H groups in total. The molecular formula is C39H51N7O2S. The van der Waals surface area contributed by atoms with Gasteiger partial charge in [-0.05, 0) is 62.7 Å². The third-order valence-corrected chi connectivity index (χ3v) is 12.1. The number of amides is 1. The van der Waals surface area contributed by atoms with Gasteiger partial charge in [0.05, 0.1) is 30.8 Å². The number of rotatable bonds is 12. The maximum Gasteiger partial charge on any atom is 0.318 e. The second kappa shape index (κ2) is 16.3. The molecule has 2 fully saturated rings. The fourth-order valence-corrected chi connectivity index (χ4v) is 8.78. The van der Waals surface area contributed by atoms with E-state index in [9.17, 15) is 10.1 Å². The average Bonchev–Trinajstić information content (AvgIpc) is 3.14. The smallest absolute Gasteiger partial charge is 0.318 e. The molecule has 260 valence electrons. The second-order valence-electron chi connectivity index (χ2n) is 13.8. The van der Waals surface area contributed by atoms with E-state index in [-0.39, 0.29) is 18.4 Å². The summed E-state index contributed by atoms with van der Waals surface area (Å²) in [5.41, 5.74) is 4.60. The number of benzene rings is 2. The van der Waals surface area contributed by atoms with Crippen molar-refractivity contribution in [2.24, 2.45) is 0 Å². The van der Waals surface area contributed by atoms with Crippen molar-refractivity contribution in [1.29, 1.82) is 5.26 Å². The van der Waals surface area contributed by atoms with Crippen LogP contribution in [0, 0.1) is 18.3 Å². The van der Waals surface area contributed by atoms with Crippen LogP contribution in [0.3, 0.4) is 0 Å². The Kier molecular flexibility index (Phi) is 11.6. The number of piperazine rings is 1. The van der Waals surface area contributed by atoms with E-state index >= 15 is 0 Å². The summed E-state index contributed by atoms with van der Waals surface area (Å²) in [7, 11) is 2.26. The van der Waals surface area contributed by atoms with Gasteiger partial charge >= 0.3 is 6.01 Å². The Morgan fingerprint density at radius 3 is 2.69 bits per heavy atom. The third-order valence-electron chi connectivity index (χ3n) is 10.6. The van der Waals surface area contributed by atoms with Crippen molar-refractivity contribution >= 4 is 39.9 Å². The number of anilines is 2. The largest absolute Gasteiger partial charge is 0.462 e. The van der Waals surface area contributed by atoms with E-state index in [0.717, 1.165) is 42.3 Å². The van der Waals surface area contributed by atoms with Gasteiger partial charge < -0.3 is 19.4 Å². The minimum absolute atomic E-state index is 0.132. The first-order valence-corrected chi connectivity index (χ1v) is 19.1. The van der Waals surface area contributed by atoms with Crippen molar-refractivity contribution in [2.45, 2.75) is 89.1 Å². The molecule has 2 aliphatic heterocycles. The Morgan fingerprint density at radius 2 is 1.94 bits per heavy atom. The maximum atomic E-state index is 12.7. The van der Waals surface area contributed by atoms with Crippen LogP contribution in [0.25, 0.3) is 10.8 Å². The van der Waals surface area contributed by atoms with Crippen LogP contribution < -0.4 is 14.5 Å². The first-order chi connectivity index (χ1) is 23.9. The lowest BCUT2D eigenvalue weighted by Gasteiger charge is -2.42. The zero-order chi connectivity index (χ0) is 34.3. The Morgan fingerprint density at radius 1 is 1.14 bits per heavy atom. The van der Waals surface area contributed by atoms with Gasteiger partial charge in [-0.3, -0.25) is 9.69 Å². The highest BCUT2D eigenvalue weighted by atomic mass is 32.2. The number of nitrogens with zero attached hydrogens (tertiary/aromatic N) is 7. The summed E-state index contributed by atoms with van der Waals surface area (Å²) in [5, 5.41) is 12.5. The number of fused-ring (bicyclic) bond motifs is 2. The number of aromatic nitrogens is 2. The zero-order valence-corrected chi connectivity index (χ0v) is 30.3. The van der Waals surface area contributed by atoms with Gasteiger partial charge in [0.15, 0.2) is 0 Å². The van der Waals surface area contributed by atoms with Crippen molar-refractivity contribution in [3.63, 3.8) is 0 Å². The highest BCUT2D eigenvalue weighted by molar-refractivity contribution is 7.99. The lowest BCUT2D eigenvalue weighted by molar-refractivity contribution is -0.128. The predicted octanol–water partition coefficient (Wildman–Crippen LogP) is 6.73. The minimum Gasteiger partial charge on any atom is -0.462 e. The molecule has 1 unspecified atom stereocenters. The number of aryl methyl sites for hydroxylation is 1. The minimum atomic E-state index is -0.236. The van der Waals surface area contributed by atoms with Crippen molar-refractivity contribution in [2.75, 3.05) is 55.5 Å². The lowest BCUT2D eigenvalue weighted by atomic mass is 9.95. The van der Waals surface area contributed by atoms with E-state index < -0.39 is 0 Å². The number of thioether (sulfide) groups is 1. The first-order valence-electron chi connectivity index (χ1n) is 18.0. The maximum absolute atomic E-state index is 12.7. The van der Waals surface area contributed by atoms with Gasteiger partial charge in [-0.2, -0.15) is 15.2 Å². The number of nitriles is 1. The number of carbonyl (C=O) groups is 1. The quantitative estimate of drug-likeness (QED) is 0.153. The molecule has 0 bridgehead atoms. The average molecular weight is 682 g/mol. The van der Waals surface area contributed by atoms with Crippen LogP contribution >= 0.6 is 11.8 Å². The Bertz CT molecular complexity index is 1660. The molecule has 3 aliphatic rings. The number of ether oxygens (including phenoxy) is 1. The van der Waals surface area contributed by atoms with Gasteiger partial charge in [-0.1, -0.05) is 63.1 Å². The normalized spacial score (nSPS) is 19.1. The molecule has 49 heavy (non-hydrogen) atoms. The van der Waals surface area contributed by atoms with Gasteiger partial charge in [0.25, 0.3) is 0 Å². The van der Waals surface area contributed by atoms with Crippen molar-refractivity contribution in [1.82, 2.24) is 19.8 Å². The van der Waals surface area contributed by atoms with Gasteiger partial charge in [0, 0.05) is 60.0 Å². The topological polar surface area (TPSA) is 88.8 Å². The van der Waals surface area contributed by atoms with E-state index in [1.165, 1.54) is 60.2 Å². The summed E-state index contributed by atoms with van der Waals surface area (Å²) in [4.78, 5) is 31.8. The molecule has 1 aliphatic carbocycles. The lowest BCUT2D eigenvalue weighted by Crippen LogP contribution is -2.55. The molecule has 9 nitrogen and oxygen atoms in total. The summed E-state index contributed by atoms with van der Waals surface area (Å²) in [6.07, 6.45) is 10.1. The van der Waals surface area contributed by atoms with Gasteiger partial charge in [-0.25, -0.2) is 0 Å². The van der Waals surface area contributed by atoms with E-state index in [1.807, 2.05) is 11.8 Å². The van der Waals surface area contributed by atoms with E-state index in [2.05, 4.69) is 84.6 Å². The van der Waals surface area contributed by atoms with Gasteiger partial charge in [0.1, 0.15) is 12.4 Å². The van der Waals surface area contributed by atoms with Crippen LogP contribution in [0.4, 0.5) is 11.5 Å². The highest BCUT2D eigenvalue weighted by Gasteiger charge is 2.33. The summed E-state index contributed by atoms with van der Waals surface area (Å²) in [5.74, 6) is 1.74. The molecule has 10 heteroatoms. The third kappa shape index (κ3) is 7.99. The molecular weight excluding hydrogens is 631 g/mol. The molecule has 3 heterocycles. The molecule has 0 spiro atoms. The number of hydrogen-bond acceptors (Lipinski definition) is 9. The van der Waals surface area contributed by atoms with Crippen LogP contribution in [0.5, 0.6) is 6.01 Å². The zero-order valence-electron chi connectivity index (χ0n) is 29.4.